The van der Waals surface area contributed by atoms with Crippen LogP contribution in [0.5, 0.6) is 0 Å². The Bertz CT molecular complexity index is 724. The number of carbonyl (C=O) groups is 1. The molecule has 2 aromatic rings. The van der Waals surface area contributed by atoms with E-state index in [0.717, 1.165) is 12.1 Å². The summed E-state index contributed by atoms with van der Waals surface area (Å²) in [5.74, 6) is -5.44. The molecular weight excluding hydrogens is 368 g/mol. The van der Waals surface area contributed by atoms with E-state index in [2.05, 4.69) is 26.8 Å². The third-order valence-electron chi connectivity index (χ3n) is 2.72. The summed E-state index contributed by atoms with van der Waals surface area (Å²) in [5, 5.41) is 0. The molecule has 2 rings (SSSR count). The van der Waals surface area contributed by atoms with Crippen molar-refractivity contribution >= 4 is 27.5 Å². The van der Waals surface area contributed by atoms with Crippen molar-refractivity contribution in [1.29, 1.82) is 0 Å². The van der Waals surface area contributed by atoms with Gasteiger partial charge in [0, 0.05) is 0 Å². The van der Waals surface area contributed by atoms with E-state index >= 15 is 0 Å². The largest absolute Gasteiger partial charge is 0.296 e. The van der Waals surface area contributed by atoms with Gasteiger partial charge in [-0.2, -0.15) is 0 Å². The van der Waals surface area contributed by atoms with Gasteiger partial charge in [0.25, 0.3) is 0 Å². The zero-order valence-corrected chi connectivity index (χ0v) is 12.5. The van der Waals surface area contributed by atoms with Gasteiger partial charge < -0.3 is 0 Å². The first-order valence-corrected chi connectivity index (χ1v) is 6.80. The fourth-order valence-electron chi connectivity index (χ4n) is 1.64. The molecule has 3 nitrogen and oxygen atoms in total. The normalized spacial score (nSPS) is 10.4. The van der Waals surface area contributed by atoms with Crippen LogP contribution in [-0.4, -0.2) is 5.91 Å². The molecule has 0 fully saturated rings. The van der Waals surface area contributed by atoms with Crippen LogP contribution in [0.2, 0.25) is 0 Å². The number of carbonyl (C=O) groups excluding carboxylic acids is 1. The summed E-state index contributed by atoms with van der Waals surface area (Å²) in [7, 11) is 0. The number of hydrogen-bond acceptors (Lipinski definition) is 2. The number of benzene rings is 2. The molecule has 22 heavy (non-hydrogen) atoms. The van der Waals surface area contributed by atoms with E-state index in [1.807, 2.05) is 0 Å². The molecule has 0 bridgehead atoms. The van der Waals surface area contributed by atoms with E-state index < -0.39 is 34.9 Å². The Balaban J connectivity index is 1.98. The molecule has 1 amide bonds. The quantitative estimate of drug-likeness (QED) is 0.485. The summed E-state index contributed by atoms with van der Waals surface area (Å²) >= 11 is 2.99. The van der Waals surface area contributed by atoms with Crippen molar-refractivity contribution in [2.24, 2.45) is 0 Å². The molecular formula is C14H9BrF4N2O. The summed E-state index contributed by atoms with van der Waals surface area (Å²) in [4.78, 5) is 11.7. The lowest BCUT2D eigenvalue weighted by Crippen LogP contribution is -2.31. The lowest BCUT2D eigenvalue weighted by molar-refractivity contribution is -0.119. The van der Waals surface area contributed by atoms with Gasteiger partial charge in [0.05, 0.1) is 16.6 Å². The number of hydrazine groups is 1. The van der Waals surface area contributed by atoms with Crippen LogP contribution in [0.15, 0.2) is 34.8 Å². The number of rotatable bonds is 4. The average Bonchev–Trinajstić information content (AvgIpc) is 2.48. The molecule has 0 saturated heterocycles. The lowest BCUT2D eigenvalue weighted by atomic mass is 10.1. The highest BCUT2D eigenvalue weighted by molar-refractivity contribution is 9.10. The first kappa shape index (κ1) is 16.3. The van der Waals surface area contributed by atoms with E-state index in [1.54, 1.807) is 0 Å². The van der Waals surface area contributed by atoms with E-state index in [0.29, 0.717) is 5.56 Å². The van der Waals surface area contributed by atoms with Crippen LogP contribution in [0.4, 0.5) is 23.2 Å². The highest BCUT2D eigenvalue weighted by Crippen LogP contribution is 2.19. The maximum absolute atomic E-state index is 13.4. The average molecular weight is 377 g/mol. The van der Waals surface area contributed by atoms with Crippen molar-refractivity contribution in [3.63, 3.8) is 0 Å². The van der Waals surface area contributed by atoms with Gasteiger partial charge in [-0.3, -0.25) is 15.6 Å². The van der Waals surface area contributed by atoms with Crippen molar-refractivity contribution in [3.8, 4) is 0 Å². The maximum Gasteiger partial charge on any atom is 0.242 e. The van der Waals surface area contributed by atoms with E-state index in [-0.39, 0.29) is 10.9 Å². The van der Waals surface area contributed by atoms with Crippen molar-refractivity contribution in [2.75, 3.05) is 5.43 Å². The van der Waals surface area contributed by atoms with Crippen LogP contribution in [0.3, 0.4) is 0 Å². The SMILES string of the molecule is O=C(Cc1ccc(F)c(Br)c1)NNc1ccc(F)c(F)c1F. The van der Waals surface area contributed by atoms with Gasteiger partial charge in [-0.25, -0.2) is 17.6 Å². The zero-order chi connectivity index (χ0) is 16.3. The number of nitrogens with one attached hydrogen (secondary N) is 2. The monoisotopic (exact) mass is 376 g/mol. The molecule has 0 unspecified atom stereocenters. The minimum absolute atomic E-state index is 0.114. The first-order chi connectivity index (χ1) is 10.4. The summed E-state index contributed by atoms with van der Waals surface area (Å²) < 4.78 is 52.4. The highest BCUT2D eigenvalue weighted by atomic mass is 79.9. The van der Waals surface area contributed by atoms with E-state index in [4.69, 9.17) is 0 Å². The number of anilines is 1. The smallest absolute Gasteiger partial charge is 0.242 e. The van der Waals surface area contributed by atoms with Crippen LogP contribution in [0.25, 0.3) is 0 Å². The van der Waals surface area contributed by atoms with E-state index in [9.17, 15) is 22.4 Å². The molecule has 0 aliphatic heterocycles. The fraction of sp³-hybridized carbons (Fsp3) is 0.0714. The van der Waals surface area contributed by atoms with Gasteiger partial charge in [0.15, 0.2) is 17.5 Å². The van der Waals surface area contributed by atoms with Gasteiger partial charge in [0.2, 0.25) is 5.91 Å². The topological polar surface area (TPSA) is 41.1 Å². The lowest BCUT2D eigenvalue weighted by Gasteiger charge is -2.10. The molecule has 0 aliphatic carbocycles. The predicted octanol–water partition coefficient (Wildman–Crippen LogP) is 3.69. The highest BCUT2D eigenvalue weighted by Gasteiger charge is 2.14. The minimum atomic E-state index is -1.64. The van der Waals surface area contributed by atoms with Crippen LogP contribution in [-0.2, 0) is 11.2 Å². The number of hydrogen-bond donors (Lipinski definition) is 2. The van der Waals surface area contributed by atoms with Gasteiger partial charge in [-0.05, 0) is 45.8 Å². The third-order valence-corrected chi connectivity index (χ3v) is 3.33. The summed E-state index contributed by atoms with van der Waals surface area (Å²) in [6.45, 7) is 0. The molecule has 0 spiro atoms. The second-order valence-electron chi connectivity index (χ2n) is 4.32. The molecule has 0 aromatic heterocycles. The zero-order valence-electron chi connectivity index (χ0n) is 10.9. The standard InChI is InChI=1S/C14H9BrF4N2O/c15-8-5-7(1-2-9(8)16)6-12(22)21-20-11-4-3-10(17)13(18)14(11)19/h1-5,20H,6H2,(H,21,22). The van der Waals surface area contributed by atoms with Crippen molar-refractivity contribution in [2.45, 2.75) is 6.42 Å². The minimum Gasteiger partial charge on any atom is -0.296 e. The third kappa shape index (κ3) is 3.76. The Morgan fingerprint density at radius 3 is 2.36 bits per heavy atom. The van der Waals surface area contributed by atoms with Crippen molar-refractivity contribution < 1.29 is 22.4 Å². The molecule has 2 aromatic carbocycles. The Hall–Kier alpha value is -2.09. The number of amides is 1. The van der Waals surface area contributed by atoms with Gasteiger partial charge >= 0.3 is 0 Å². The second kappa shape index (κ2) is 6.78. The maximum atomic E-state index is 13.4. The second-order valence-corrected chi connectivity index (χ2v) is 5.18. The first-order valence-electron chi connectivity index (χ1n) is 6.00. The molecule has 116 valence electrons. The molecule has 2 N–H and O–H groups in total. The molecule has 0 saturated carbocycles. The van der Waals surface area contributed by atoms with Crippen LogP contribution >= 0.6 is 15.9 Å². The molecule has 8 heteroatoms. The van der Waals surface area contributed by atoms with Gasteiger partial charge in [-0.15, -0.1) is 0 Å². The Morgan fingerprint density at radius 1 is 1.00 bits per heavy atom. The van der Waals surface area contributed by atoms with Crippen molar-refractivity contribution in [3.05, 3.63) is 63.6 Å². The van der Waals surface area contributed by atoms with Crippen LogP contribution in [0.1, 0.15) is 5.56 Å². The Labute approximate surface area is 131 Å². The summed E-state index contributed by atoms with van der Waals surface area (Å²) in [6.07, 6.45) is -0.114. The summed E-state index contributed by atoms with van der Waals surface area (Å²) in [5.41, 5.74) is 4.40. The Kier molecular flexibility index (Phi) is 5.02. The summed E-state index contributed by atoms with van der Waals surface area (Å²) in [6, 6.07) is 5.70. The number of halogens is 5. The van der Waals surface area contributed by atoms with Gasteiger partial charge in [-0.1, -0.05) is 6.07 Å². The van der Waals surface area contributed by atoms with Crippen LogP contribution < -0.4 is 10.9 Å². The van der Waals surface area contributed by atoms with Gasteiger partial charge in [0.1, 0.15) is 5.82 Å². The van der Waals surface area contributed by atoms with Crippen LogP contribution in [0, 0.1) is 23.3 Å². The molecule has 0 atom stereocenters. The fourth-order valence-corrected chi connectivity index (χ4v) is 2.06. The molecule has 0 aliphatic rings. The Morgan fingerprint density at radius 2 is 1.68 bits per heavy atom. The van der Waals surface area contributed by atoms with Crippen molar-refractivity contribution in [1.82, 2.24) is 5.43 Å². The molecule has 0 heterocycles. The van der Waals surface area contributed by atoms with E-state index in [1.165, 1.54) is 18.2 Å². The molecule has 0 radical (unpaired) electrons. The predicted molar refractivity (Wildman–Crippen MR) is 75.9 cm³/mol.